The first kappa shape index (κ1) is 19.2. The van der Waals surface area contributed by atoms with Crippen molar-refractivity contribution in [2.75, 3.05) is 6.61 Å². The van der Waals surface area contributed by atoms with E-state index in [2.05, 4.69) is 23.8 Å². The number of benzene rings is 1. The van der Waals surface area contributed by atoms with Gasteiger partial charge in [0.25, 0.3) is 0 Å². The van der Waals surface area contributed by atoms with Crippen LogP contribution < -0.4 is 10.5 Å². The fourth-order valence-corrected chi connectivity index (χ4v) is 3.45. The molecule has 0 unspecified atom stereocenters. The second kappa shape index (κ2) is 7.61. The lowest BCUT2D eigenvalue weighted by atomic mass is 9.93. The number of hydrogen-bond donors (Lipinski definition) is 1. The van der Waals surface area contributed by atoms with Crippen LogP contribution in [-0.2, 0) is 0 Å². The summed E-state index contributed by atoms with van der Waals surface area (Å²) in [5.41, 5.74) is 8.66. The van der Waals surface area contributed by atoms with Crippen LogP contribution in [0.25, 0.3) is 22.2 Å². The quantitative estimate of drug-likeness (QED) is 0.674. The zero-order valence-corrected chi connectivity index (χ0v) is 16.3. The molecule has 0 saturated carbocycles. The van der Waals surface area contributed by atoms with Gasteiger partial charge in [-0.25, -0.2) is 9.37 Å². The van der Waals surface area contributed by atoms with E-state index in [-0.39, 0.29) is 5.82 Å². The molecule has 1 aromatic carbocycles. The number of aryl methyl sites for hydroxylation is 1. The molecule has 2 N–H and O–H groups in total. The summed E-state index contributed by atoms with van der Waals surface area (Å²) in [5, 5.41) is 0.740. The molecule has 2 heterocycles. The summed E-state index contributed by atoms with van der Waals surface area (Å²) in [4.78, 5) is 8.81. The van der Waals surface area contributed by atoms with Crippen LogP contribution in [0, 0.1) is 18.7 Å². The summed E-state index contributed by atoms with van der Waals surface area (Å²) < 4.78 is 20.0. The van der Waals surface area contributed by atoms with Gasteiger partial charge in [-0.3, -0.25) is 4.98 Å². The first-order chi connectivity index (χ1) is 12.8. The van der Waals surface area contributed by atoms with Crippen LogP contribution >= 0.6 is 0 Å². The van der Waals surface area contributed by atoms with Crippen molar-refractivity contribution in [3.8, 4) is 17.0 Å². The maximum absolute atomic E-state index is 14.0. The molecule has 0 bridgehead atoms. The lowest BCUT2D eigenvalue weighted by molar-refractivity contribution is 0.205. The highest BCUT2D eigenvalue weighted by atomic mass is 19.1. The van der Waals surface area contributed by atoms with Crippen molar-refractivity contribution in [3.05, 3.63) is 54.1 Å². The van der Waals surface area contributed by atoms with E-state index in [9.17, 15) is 4.39 Å². The van der Waals surface area contributed by atoms with E-state index in [0.29, 0.717) is 23.8 Å². The van der Waals surface area contributed by atoms with Gasteiger partial charge in [-0.2, -0.15) is 0 Å². The van der Waals surface area contributed by atoms with Gasteiger partial charge in [0.15, 0.2) is 0 Å². The minimum Gasteiger partial charge on any atom is -0.490 e. The van der Waals surface area contributed by atoms with E-state index in [1.54, 1.807) is 12.3 Å². The fraction of sp³-hybridized carbons (Fsp3) is 0.364. The van der Waals surface area contributed by atoms with E-state index in [1.807, 2.05) is 38.1 Å². The number of nitrogens with zero attached hydrogens (tertiary/aromatic N) is 2. The Morgan fingerprint density at radius 1 is 1.19 bits per heavy atom. The Kier molecular flexibility index (Phi) is 5.42. The first-order valence-corrected chi connectivity index (χ1v) is 9.20. The number of para-hydroxylation sites is 1. The van der Waals surface area contributed by atoms with E-state index in [0.717, 1.165) is 28.8 Å². The molecule has 4 nitrogen and oxygen atoms in total. The molecule has 1 atom stereocenters. The van der Waals surface area contributed by atoms with E-state index in [4.69, 9.17) is 10.5 Å². The molecule has 142 valence electrons. The Morgan fingerprint density at radius 3 is 2.67 bits per heavy atom. The highest BCUT2D eigenvalue weighted by molar-refractivity contribution is 5.93. The molecule has 0 fully saturated rings. The largest absolute Gasteiger partial charge is 0.490 e. The first-order valence-electron chi connectivity index (χ1n) is 9.20. The molecule has 0 spiro atoms. The van der Waals surface area contributed by atoms with Crippen molar-refractivity contribution in [1.29, 1.82) is 0 Å². The van der Waals surface area contributed by atoms with E-state index in [1.165, 1.54) is 6.07 Å². The summed E-state index contributed by atoms with van der Waals surface area (Å²) in [7, 11) is 0. The molecule has 2 aromatic heterocycles. The predicted molar refractivity (Wildman–Crippen MR) is 107 cm³/mol. The molecule has 0 aliphatic heterocycles. The predicted octanol–water partition coefficient (Wildman–Crippen LogP) is 4.89. The molecule has 3 rings (SSSR count). The van der Waals surface area contributed by atoms with Gasteiger partial charge in [0.1, 0.15) is 23.7 Å². The second-order valence-corrected chi connectivity index (χ2v) is 7.82. The number of ether oxygens (including phenoxy) is 1. The normalized spacial score (nSPS) is 13.7. The van der Waals surface area contributed by atoms with Crippen molar-refractivity contribution in [2.45, 2.75) is 39.7 Å². The van der Waals surface area contributed by atoms with Gasteiger partial charge in [0.2, 0.25) is 0 Å². The highest BCUT2D eigenvalue weighted by Gasteiger charge is 2.21. The third-order valence-electron chi connectivity index (χ3n) is 4.47. The molecule has 0 saturated heterocycles. The summed E-state index contributed by atoms with van der Waals surface area (Å²) in [6.45, 7) is 8.63. The van der Waals surface area contributed by atoms with Gasteiger partial charge in [-0.15, -0.1) is 0 Å². The smallest absolute Gasteiger partial charge is 0.149 e. The highest BCUT2D eigenvalue weighted by Crippen LogP contribution is 2.29. The lowest BCUT2D eigenvalue weighted by Crippen LogP contribution is -2.43. The van der Waals surface area contributed by atoms with Crippen LogP contribution in [0.2, 0.25) is 0 Å². The fourth-order valence-electron chi connectivity index (χ4n) is 3.45. The summed E-state index contributed by atoms with van der Waals surface area (Å²) >= 11 is 0. The van der Waals surface area contributed by atoms with Gasteiger partial charge in [0.05, 0.1) is 11.4 Å². The van der Waals surface area contributed by atoms with Crippen molar-refractivity contribution in [1.82, 2.24) is 9.97 Å². The topological polar surface area (TPSA) is 61.0 Å². The average molecular weight is 367 g/mol. The van der Waals surface area contributed by atoms with Crippen molar-refractivity contribution >= 4 is 10.9 Å². The molecule has 27 heavy (non-hydrogen) atoms. The number of halogens is 1. The molecule has 0 aliphatic rings. The van der Waals surface area contributed by atoms with Crippen molar-refractivity contribution in [2.24, 2.45) is 11.7 Å². The Bertz CT molecular complexity index is 953. The van der Waals surface area contributed by atoms with E-state index < -0.39 is 5.54 Å². The Hall–Kier alpha value is -2.53. The SMILES string of the molecule is Cc1nc(-c2ccnc3c(F)cccc23)ccc1OC[C@@](C)(N)CC(C)C. The van der Waals surface area contributed by atoms with Gasteiger partial charge in [0, 0.05) is 22.7 Å². The lowest BCUT2D eigenvalue weighted by Gasteiger charge is -2.27. The number of rotatable bonds is 6. The minimum absolute atomic E-state index is 0.335. The van der Waals surface area contributed by atoms with Crippen molar-refractivity contribution in [3.63, 3.8) is 0 Å². The molecule has 0 radical (unpaired) electrons. The number of nitrogens with two attached hydrogens (primary N) is 1. The van der Waals surface area contributed by atoms with Gasteiger partial charge >= 0.3 is 0 Å². The average Bonchev–Trinajstić information content (AvgIpc) is 2.59. The van der Waals surface area contributed by atoms with Crippen LogP contribution in [0.4, 0.5) is 4.39 Å². The molecular weight excluding hydrogens is 341 g/mol. The Balaban J connectivity index is 1.87. The Labute approximate surface area is 159 Å². The van der Waals surface area contributed by atoms with Gasteiger partial charge in [-0.1, -0.05) is 26.0 Å². The third kappa shape index (κ3) is 4.42. The van der Waals surface area contributed by atoms with Crippen LogP contribution in [0.3, 0.4) is 0 Å². The van der Waals surface area contributed by atoms with Crippen LogP contribution in [0.5, 0.6) is 5.75 Å². The number of aromatic nitrogens is 2. The van der Waals surface area contributed by atoms with Gasteiger partial charge < -0.3 is 10.5 Å². The molecule has 0 amide bonds. The third-order valence-corrected chi connectivity index (χ3v) is 4.47. The van der Waals surface area contributed by atoms with Crippen LogP contribution in [-0.4, -0.2) is 22.1 Å². The molecular formula is C22H26FN3O. The summed E-state index contributed by atoms with van der Waals surface area (Å²) in [6, 6.07) is 10.6. The number of pyridine rings is 2. The zero-order chi connectivity index (χ0) is 19.6. The summed E-state index contributed by atoms with van der Waals surface area (Å²) in [6.07, 6.45) is 2.49. The van der Waals surface area contributed by atoms with Crippen molar-refractivity contribution < 1.29 is 9.13 Å². The summed E-state index contributed by atoms with van der Waals surface area (Å²) in [5.74, 6) is 0.882. The van der Waals surface area contributed by atoms with Crippen LogP contribution in [0.15, 0.2) is 42.6 Å². The number of fused-ring (bicyclic) bond motifs is 1. The standard InChI is InChI=1S/C22H26FN3O/c1-14(2)12-22(4,24)13-27-20-9-8-19(26-15(20)3)16-10-11-25-21-17(16)6-5-7-18(21)23/h5-11,14H,12-13,24H2,1-4H3/t22-/m0/s1. The van der Waals surface area contributed by atoms with Gasteiger partial charge in [-0.05, 0) is 50.5 Å². The molecule has 3 aromatic rings. The van der Waals surface area contributed by atoms with E-state index >= 15 is 0 Å². The monoisotopic (exact) mass is 367 g/mol. The molecule has 5 heteroatoms. The molecule has 0 aliphatic carbocycles. The Morgan fingerprint density at radius 2 is 1.96 bits per heavy atom. The minimum atomic E-state index is -0.391. The maximum atomic E-state index is 14.0. The second-order valence-electron chi connectivity index (χ2n) is 7.82. The van der Waals surface area contributed by atoms with Crippen LogP contribution in [0.1, 0.15) is 32.9 Å². The zero-order valence-electron chi connectivity index (χ0n) is 16.3. The maximum Gasteiger partial charge on any atom is 0.149 e. The number of hydrogen-bond acceptors (Lipinski definition) is 4.